The molecule has 3 amide bonds. The summed E-state index contributed by atoms with van der Waals surface area (Å²) >= 11 is 0. The van der Waals surface area contributed by atoms with Gasteiger partial charge in [0.05, 0.1) is 5.69 Å². The van der Waals surface area contributed by atoms with Crippen molar-refractivity contribution in [1.29, 1.82) is 0 Å². The van der Waals surface area contributed by atoms with Crippen molar-refractivity contribution < 1.29 is 33.0 Å². The van der Waals surface area contributed by atoms with E-state index in [4.69, 9.17) is 15.2 Å². The number of ether oxygens (including phenoxy) is 2. The number of hydrogen-bond donors (Lipinski definition) is 2. The summed E-state index contributed by atoms with van der Waals surface area (Å²) in [7, 11) is 0. The first-order chi connectivity index (χ1) is 15.8. The number of carbonyl (C=O) groups is 4. The predicted molar refractivity (Wildman–Crippen MR) is 116 cm³/mol. The van der Waals surface area contributed by atoms with E-state index < -0.39 is 30.9 Å². The summed E-state index contributed by atoms with van der Waals surface area (Å²) in [6.45, 7) is -0.212. The lowest BCUT2D eigenvalue weighted by Gasteiger charge is -2.30. The van der Waals surface area contributed by atoms with Crippen LogP contribution in [0.4, 0.5) is 10.1 Å². The number of benzene rings is 2. The predicted octanol–water partition coefficient (Wildman–Crippen LogP) is 1.72. The molecule has 0 radical (unpaired) electrons. The van der Waals surface area contributed by atoms with Gasteiger partial charge in [0.15, 0.2) is 13.2 Å². The number of rotatable bonds is 8. The Balaban J connectivity index is 1.51. The van der Waals surface area contributed by atoms with E-state index in [2.05, 4.69) is 5.32 Å². The molecular weight excluding hydrogens is 433 g/mol. The van der Waals surface area contributed by atoms with Gasteiger partial charge in [-0.3, -0.25) is 14.4 Å². The first-order valence-corrected chi connectivity index (χ1v) is 10.4. The van der Waals surface area contributed by atoms with Crippen LogP contribution >= 0.6 is 0 Å². The number of nitrogens with one attached hydrogen (secondary N) is 1. The van der Waals surface area contributed by atoms with E-state index in [1.165, 1.54) is 35.2 Å². The second kappa shape index (κ2) is 11.1. The molecule has 0 saturated carbocycles. The highest BCUT2D eigenvalue weighted by Gasteiger charge is 2.26. The van der Waals surface area contributed by atoms with E-state index in [1.54, 1.807) is 18.2 Å². The summed E-state index contributed by atoms with van der Waals surface area (Å²) in [5.41, 5.74) is 5.34. The van der Waals surface area contributed by atoms with Crippen molar-refractivity contribution in [3.05, 3.63) is 59.9 Å². The minimum Gasteiger partial charge on any atom is -0.483 e. The number of primary amides is 1. The van der Waals surface area contributed by atoms with Gasteiger partial charge in [0.25, 0.3) is 11.8 Å². The second-order valence-corrected chi connectivity index (χ2v) is 7.45. The van der Waals surface area contributed by atoms with Crippen LogP contribution in [0.3, 0.4) is 0 Å². The van der Waals surface area contributed by atoms with E-state index in [9.17, 15) is 23.6 Å². The maximum atomic E-state index is 13.7. The molecule has 0 aromatic heterocycles. The second-order valence-electron chi connectivity index (χ2n) is 7.45. The minimum absolute atomic E-state index is 0.0113. The van der Waals surface area contributed by atoms with Gasteiger partial charge in [-0.2, -0.15) is 0 Å². The Morgan fingerprint density at radius 2 is 1.67 bits per heavy atom. The Labute approximate surface area is 189 Å². The Morgan fingerprint density at radius 1 is 1.00 bits per heavy atom. The number of anilines is 1. The number of likely N-dealkylation sites (tertiary alicyclic amines) is 1. The minimum atomic E-state index is -0.791. The van der Waals surface area contributed by atoms with Crippen LogP contribution in [0.1, 0.15) is 23.2 Å². The normalized spacial score (nSPS) is 13.8. The molecule has 2 aromatic carbocycles. The average molecular weight is 457 g/mol. The average Bonchev–Trinajstić information content (AvgIpc) is 2.82. The first-order valence-electron chi connectivity index (χ1n) is 10.4. The molecule has 3 rings (SSSR count). The topological polar surface area (TPSA) is 128 Å². The highest BCUT2D eigenvalue weighted by Crippen LogP contribution is 2.20. The zero-order valence-corrected chi connectivity index (χ0v) is 17.8. The summed E-state index contributed by atoms with van der Waals surface area (Å²) in [5.74, 6) is -2.92. The number of nitrogens with two attached hydrogens (primary N) is 1. The summed E-state index contributed by atoms with van der Waals surface area (Å²) in [5, 5.41) is 2.38. The molecule has 0 atom stereocenters. The number of esters is 1. The zero-order chi connectivity index (χ0) is 23.8. The monoisotopic (exact) mass is 457 g/mol. The zero-order valence-electron chi connectivity index (χ0n) is 17.8. The third kappa shape index (κ3) is 6.52. The molecule has 0 unspecified atom stereocenters. The van der Waals surface area contributed by atoms with E-state index in [-0.39, 0.29) is 34.7 Å². The Morgan fingerprint density at radius 3 is 2.36 bits per heavy atom. The van der Waals surface area contributed by atoms with Crippen molar-refractivity contribution >= 4 is 29.4 Å². The van der Waals surface area contributed by atoms with Crippen LogP contribution in [-0.2, 0) is 19.1 Å². The van der Waals surface area contributed by atoms with Gasteiger partial charge in [-0.05, 0) is 37.1 Å². The fourth-order valence-electron chi connectivity index (χ4n) is 3.36. The van der Waals surface area contributed by atoms with Crippen molar-refractivity contribution in [2.75, 3.05) is 31.6 Å². The number of piperidine rings is 1. The molecule has 1 fully saturated rings. The quantitative estimate of drug-likeness (QED) is 0.581. The Bertz CT molecular complexity index is 1040. The molecule has 33 heavy (non-hydrogen) atoms. The molecule has 1 aliphatic heterocycles. The number of amides is 3. The molecule has 9 nitrogen and oxygen atoms in total. The van der Waals surface area contributed by atoms with Crippen LogP contribution in [0, 0.1) is 11.7 Å². The molecule has 2 aromatic rings. The molecule has 1 aliphatic rings. The largest absolute Gasteiger partial charge is 0.483 e. The SMILES string of the molecule is NC(=O)C1CCN(C(=O)COC(=O)c2ccccc2OCC(=O)Nc2ccccc2F)CC1. The van der Waals surface area contributed by atoms with Gasteiger partial charge < -0.3 is 25.4 Å². The molecule has 0 aliphatic carbocycles. The lowest BCUT2D eigenvalue weighted by Crippen LogP contribution is -2.43. The fraction of sp³-hybridized carbons (Fsp3) is 0.304. The van der Waals surface area contributed by atoms with E-state index >= 15 is 0 Å². The maximum absolute atomic E-state index is 13.7. The van der Waals surface area contributed by atoms with Crippen LogP contribution in [0.2, 0.25) is 0 Å². The highest BCUT2D eigenvalue weighted by atomic mass is 19.1. The van der Waals surface area contributed by atoms with Gasteiger partial charge in [-0.15, -0.1) is 0 Å². The van der Waals surface area contributed by atoms with Crippen molar-refractivity contribution in [3.63, 3.8) is 0 Å². The first kappa shape index (κ1) is 23.7. The van der Waals surface area contributed by atoms with E-state index in [0.717, 1.165) is 0 Å². The molecule has 0 bridgehead atoms. The fourth-order valence-corrected chi connectivity index (χ4v) is 3.36. The Kier molecular flexibility index (Phi) is 7.96. The molecule has 10 heteroatoms. The molecule has 1 saturated heterocycles. The van der Waals surface area contributed by atoms with Crippen LogP contribution in [0.5, 0.6) is 5.75 Å². The summed E-state index contributed by atoms with van der Waals surface area (Å²) in [4.78, 5) is 49.6. The maximum Gasteiger partial charge on any atom is 0.342 e. The molecule has 1 heterocycles. The van der Waals surface area contributed by atoms with E-state index in [0.29, 0.717) is 25.9 Å². The van der Waals surface area contributed by atoms with Crippen molar-refractivity contribution in [2.45, 2.75) is 12.8 Å². The van der Waals surface area contributed by atoms with Crippen molar-refractivity contribution in [3.8, 4) is 5.75 Å². The lowest BCUT2D eigenvalue weighted by atomic mass is 9.96. The van der Waals surface area contributed by atoms with Crippen LogP contribution in [-0.4, -0.2) is 54.9 Å². The van der Waals surface area contributed by atoms with Crippen molar-refractivity contribution in [2.24, 2.45) is 11.7 Å². The number of para-hydroxylation sites is 2. The number of hydrogen-bond acceptors (Lipinski definition) is 6. The Hall–Kier alpha value is -3.95. The van der Waals surface area contributed by atoms with Gasteiger partial charge in [0, 0.05) is 19.0 Å². The van der Waals surface area contributed by atoms with Crippen LogP contribution in [0.25, 0.3) is 0 Å². The van der Waals surface area contributed by atoms with Gasteiger partial charge >= 0.3 is 5.97 Å². The third-order valence-electron chi connectivity index (χ3n) is 5.19. The van der Waals surface area contributed by atoms with Crippen LogP contribution in [0.15, 0.2) is 48.5 Å². The number of halogens is 1. The van der Waals surface area contributed by atoms with Crippen LogP contribution < -0.4 is 15.8 Å². The smallest absolute Gasteiger partial charge is 0.342 e. The van der Waals surface area contributed by atoms with Gasteiger partial charge in [0.2, 0.25) is 5.91 Å². The number of carbonyl (C=O) groups excluding carboxylic acids is 4. The summed E-state index contributed by atoms with van der Waals surface area (Å²) in [6.07, 6.45) is 0.946. The highest BCUT2D eigenvalue weighted by molar-refractivity contribution is 5.95. The summed E-state index contributed by atoms with van der Waals surface area (Å²) < 4.78 is 24.2. The molecule has 3 N–H and O–H groups in total. The van der Waals surface area contributed by atoms with Gasteiger partial charge in [0.1, 0.15) is 17.1 Å². The van der Waals surface area contributed by atoms with Gasteiger partial charge in [-0.1, -0.05) is 24.3 Å². The standard InChI is InChI=1S/C23H24FN3O6/c24-17-6-2-3-7-18(17)26-20(28)13-32-19-8-4-1-5-16(19)23(31)33-14-21(29)27-11-9-15(10-12-27)22(25)30/h1-8,15H,9-14H2,(H2,25,30)(H,26,28). The molecule has 0 spiro atoms. The molecule has 174 valence electrons. The summed E-state index contributed by atoms with van der Waals surface area (Å²) in [6, 6.07) is 11.8. The van der Waals surface area contributed by atoms with Crippen molar-refractivity contribution in [1.82, 2.24) is 4.90 Å². The number of nitrogens with zero attached hydrogens (tertiary/aromatic N) is 1. The van der Waals surface area contributed by atoms with E-state index in [1.807, 2.05) is 0 Å². The lowest BCUT2D eigenvalue weighted by molar-refractivity contribution is -0.137. The van der Waals surface area contributed by atoms with Gasteiger partial charge in [-0.25, -0.2) is 9.18 Å². The third-order valence-corrected chi connectivity index (χ3v) is 5.19. The molecular formula is C23H24FN3O6.